The summed E-state index contributed by atoms with van der Waals surface area (Å²) >= 11 is 0. The third-order valence-electron chi connectivity index (χ3n) is 8.80. The Kier molecular flexibility index (Phi) is 10.4. The Labute approximate surface area is 290 Å². The number of rotatable bonds is 5. The number of hydrogen-bond donors (Lipinski definition) is 2. The fourth-order valence-corrected chi connectivity index (χ4v) is 6.40. The van der Waals surface area contributed by atoms with Crippen LogP contribution in [0.5, 0.6) is 17.2 Å². The zero-order valence-electron chi connectivity index (χ0n) is 28.7. The Morgan fingerprint density at radius 3 is 2.68 bits per heavy atom. The van der Waals surface area contributed by atoms with Gasteiger partial charge in [0.2, 0.25) is 0 Å². The molecule has 2 aliphatic heterocycles. The van der Waals surface area contributed by atoms with Crippen LogP contribution < -0.4 is 24.8 Å². The van der Waals surface area contributed by atoms with Crippen molar-refractivity contribution in [3.8, 4) is 28.4 Å². The molecule has 3 heterocycles. The number of methoxy groups -OCH3 is 1. The largest absolute Gasteiger partial charge is 0.496 e. The van der Waals surface area contributed by atoms with Crippen molar-refractivity contribution in [3.63, 3.8) is 0 Å². The molecule has 1 saturated heterocycles. The summed E-state index contributed by atoms with van der Waals surface area (Å²) in [6.07, 6.45) is 0.531. The first-order valence-corrected chi connectivity index (χ1v) is 16.9. The topological polar surface area (TPSA) is 124 Å². The minimum atomic E-state index is -0.649. The van der Waals surface area contributed by atoms with Crippen LogP contribution in [-0.2, 0) is 24.3 Å². The van der Waals surface area contributed by atoms with E-state index in [1.54, 1.807) is 59.2 Å². The maximum Gasteiger partial charge on any atom is 0.272 e. The fourth-order valence-electron chi connectivity index (χ4n) is 6.40. The summed E-state index contributed by atoms with van der Waals surface area (Å²) in [5, 5.41) is 10.5. The van der Waals surface area contributed by atoms with Gasteiger partial charge in [-0.1, -0.05) is 26.0 Å². The lowest BCUT2D eigenvalue weighted by Gasteiger charge is -2.39. The van der Waals surface area contributed by atoms with E-state index in [2.05, 4.69) is 29.6 Å². The molecule has 11 nitrogen and oxygen atoms in total. The van der Waals surface area contributed by atoms with E-state index in [4.69, 9.17) is 14.2 Å². The van der Waals surface area contributed by atoms with Gasteiger partial charge in [-0.25, -0.2) is 4.39 Å². The van der Waals surface area contributed by atoms with E-state index in [1.807, 2.05) is 19.1 Å². The minimum Gasteiger partial charge on any atom is -0.496 e. The summed E-state index contributed by atoms with van der Waals surface area (Å²) in [5.41, 5.74) is 3.58. The van der Waals surface area contributed by atoms with Crippen molar-refractivity contribution in [2.45, 2.75) is 58.8 Å². The standard InChI is InChI=1S/C38H42FN5O6/c1-5-44-33(19-28(42-44)13-23(2)3)38(47)43-12-11-35-32(21-43)41-37(46)26-9-10-34(48-4)31(17-26)25-7-6-8-29(16-25)49-22-36(45)40-20-24-14-27(39)18-30(15-24)50-35/h6-10,14-19,23,32,35H,5,11-13,20-22H2,1-4H3,(H,40,45)(H,41,46)/t32-,35-/m1/s1. The quantitative estimate of drug-likeness (QED) is 0.303. The molecule has 1 aromatic heterocycles. The molecule has 6 bridgehead atoms. The lowest BCUT2D eigenvalue weighted by atomic mass is 9.99. The number of halogens is 1. The molecule has 2 aliphatic rings. The molecule has 12 heteroatoms. The van der Waals surface area contributed by atoms with Gasteiger partial charge in [-0.3, -0.25) is 19.1 Å². The average Bonchev–Trinajstić information content (AvgIpc) is 3.51. The van der Waals surface area contributed by atoms with Crippen molar-refractivity contribution >= 4 is 17.7 Å². The Hall–Kier alpha value is -5.39. The highest BCUT2D eigenvalue weighted by atomic mass is 19.1. The maximum atomic E-state index is 14.8. The van der Waals surface area contributed by atoms with E-state index in [0.29, 0.717) is 59.3 Å². The van der Waals surface area contributed by atoms with Crippen LogP contribution in [0.4, 0.5) is 4.39 Å². The number of likely N-dealkylation sites (tertiary alicyclic amines) is 1. The van der Waals surface area contributed by atoms with Gasteiger partial charge < -0.3 is 29.7 Å². The van der Waals surface area contributed by atoms with E-state index in [9.17, 15) is 18.8 Å². The van der Waals surface area contributed by atoms with Crippen molar-refractivity contribution in [2.24, 2.45) is 5.92 Å². The SMILES string of the molecule is CCn1nc(CC(C)C)cc1C(=O)N1CC[C@H]2Oc3cc(F)cc(c3)CNC(=O)COc3cccc(c3)-c3cc(ccc3OC)C(=O)N[C@@H]2C1. The minimum absolute atomic E-state index is 0.0520. The van der Waals surface area contributed by atoms with E-state index in [-0.39, 0.29) is 43.2 Å². The molecule has 0 unspecified atom stereocenters. The van der Waals surface area contributed by atoms with Crippen LogP contribution in [-0.4, -0.2) is 71.4 Å². The molecule has 1 fully saturated rings. The molecule has 4 aromatic rings. The average molecular weight is 684 g/mol. The number of benzene rings is 3. The number of nitrogens with one attached hydrogen (secondary N) is 2. The Morgan fingerprint density at radius 2 is 1.90 bits per heavy atom. The van der Waals surface area contributed by atoms with Crippen LogP contribution >= 0.6 is 0 Å². The molecule has 50 heavy (non-hydrogen) atoms. The number of carbonyl (C=O) groups excluding carboxylic acids is 3. The third-order valence-corrected chi connectivity index (χ3v) is 8.80. The Bertz CT molecular complexity index is 1890. The summed E-state index contributed by atoms with van der Waals surface area (Å²) in [5.74, 6) is 0.149. The maximum absolute atomic E-state index is 14.8. The van der Waals surface area contributed by atoms with Crippen molar-refractivity contribution in [1.82, 2.24) is 25.3 Å². The summed E-state index contributed by atoms with van der Waals surface area (Å²) < 4.78 is 34.3. The van der Waals surface area contributed by atoms with Crippen LogP contribution in [0.15, 0.2) is 66.7 Å². The molecule has 2 atom stereocenters. The predicted octanol–water partition coefficient (Wildman–Crippen LogP) is 5.02. The number of carbonyl (C=O) groups is 3. The van der Waals surface area contributed by atoms with E-state index < -0.39 is 18.0 Å². The predicted molar refractivity (Wildman–Crippen MR) is 185 cm³/mol. The number of fused-ring (bicyclic) bond motifs is 8. The van der Waals surface area contributed by atoms with Gasteiger partial charge in [0.1, 0.15) is 34.9 Å². The monoisotopic (exact) mass is 683 g/mol. The molecular weight excluding hydrogens is 641 g/mol. The van der Waals surface area contributed by atoms with Gasteiger partial charge in [0, 0.05) is 49.8 Å². The molecular formula is C38H42FN5O6. The molecule has 0 radical (unpaired) electrons. The molecule has 3 amide bonds. The molecule has 3 aromatic carbocycles. The first-order chi connectivity index (χ1) is 24.1. The van der Waals surface area contributed by atoms with Gasteiger partial charge in [-0.2, -0.15) is 5.10 Å². The van der Waals surface area contributed by atoms with Gasteiger partial charge in [-0.15, -0.1) is 0 Å². The molecule has 0 spiro atoms. The highest BCUT2D eigenvalue weighted by Gasteiger charge is 2.36. The lowest BCUT2D eigenvalue weighted by Crippen LogP contribution is -2.58. The van der Waals surface area contributed by atoms with Crippen LogP contribution in [0.1, 0.15) is 59.3 Å². The number of aromatic nitrogens is 2. The van der Waals surface area contributed by atoms with Crippen molar-refractivity contribution in [1.29, 1.82) is 0 Å². The number of ether oxygens (including phenoxy) is 3. The van der Waals surface area contributed by atoms with Crippen molar-refractivity contribution in [3.05, 3.63) is 95.1 Å². The summed E-state index contributed by atoms with van der Waals surface area (Å²) in [6.45, 7) is 7.01. The summed E-state index contributed by atoms with van der Waals surface area (Å²) in [4.78, 5) is 42.3. The molecule has 0 aliphatic carbocycles. The molecule has 6 rings (SSSR count). The second kappa shape index (κ2) is 15.0. The number of aryl methyl sites for hydroxylation is 1. The smallest absolute Gasteiger partial charge is 0.272 e. The Morgan fingerprint density at radius 1 is 1.06 bits per heavy atom. The van der Waals surface area contributed by atoms with E-state index in [1.165, 1.54) is 12.1 Å². The molecule has 2 N–H and O–H groups in total. The fraction of sp³-hybridized carbons (Fsp3) is 0.368. The van der Waals surface area contributed by atoms with E-state index >= 15 is 0 Å². The lowest BCUT2D eigenvalue weighted by molar-refractivity contribution is -0.123. The number of amides is 3. The first kappa shape index (κ1) is 34.5. The number of hydrogen-bond acceptors (Lipinski definition) is 7. The Balaban J connectivity index is 1.35. The highest BCUT2D eigenvalue weighted by Crippen LogP contribution is 2.33. The number of nitrogens with zero attached hydrogens (tertiary/aromatic N) is 3. The van der Waals surface area contributed by atoms with Gasteiger partial charge >= 0.3 is 0 Å². The van der Waals surface area contributed by atoms with Crippen molar-refractivity contribution < 1.29 is 33.0 Å². The zero-order valence-corrected chi connectivity index (χ0v) is 28.7. The van der Waals surface area contributed by atoms with Crippen LogP contribution in [0.25, 0.3) is 11.1 Å². The number of piperidine rings is 1. The second-order valence-electron chi connectivity index (χ2n) is 13.0. The molecule has 0 saturated carbocycles. The van der Waals surface area contributed by atoms with Crippen LogP contribution in [0, 0.1) is 11.7 Å². The first-order valence-electron chi connectivity index (χ1n) is 16.9. The van der Waals surface area contributed by atoms with E-state index in [0.717, 1.165) is 17.7 Å². The van der Waals surface area contributed by atoms with Crippen molar-refractivity contribution in [2.75, 3.05) is 26.8 Å². The van der Waals surface area contributed by atoms with Gasteiger partial charge in [0.25, 0.3) is 17.7 Å². The molecule has 262 valence electrons. The second-order valence-corrected chi connectivity index (χ2v) is 13.0. The summed E-state index contributed by atoms with van der Waals surface area (Å²) in [6, 6.07) is 17.7. The third kappa shape index (κ3) is 7.90. The van der Waals surface area contributed by atoms with Gasteiger partial charge in [0.05, 0.1) is 18.8 Å². The zero-order chi connectivity index (χ0) is 35.4. The normalized spacial score (nSPS) is 18.0. The van der Waals surface area contributed by atoms with Crippen LogP contribution in [0.2, 0.25) is 0 Å². The van der Waals surface area contributed by atoms with Gasteiger partial charge in [-0.05, 0) is 78.9 Å². The van der Waals surface area contributed by atoms with Gasteiger partial charge in [0.15, 0.2) is 6.61 Å². The van der Waals surface area contributed by atoms with Crippen LogP contribution in [0.3, 0.4) is 0 Å². The highest BCUT2D eigenvalue weighted by molar-refractivity contribution is 5.97. The summed E-state index contributed by atoms with van der Waals surface area (Å²) in [7, 11) is 1.55.